The van der Waals surface area contributed by atoms with Gasteiger partial charge in [-0.2, -0.15) is 4.31 Å². The molecule has 0 unspecified atom stereocenters. The van der Waals surface area contributed by atoms with Gasteiger partial charge in [-0.15, -0.1) is 0 Å². The van der Waals surface area contributed by atoms with Crippen LogP contribution in [0.25, 0.3) is 0 Å². The molecule has 0 spiro atoms. The van der Waals surface area contributed by atoms with Crippen LogP contribution in [0.15, 0.2) is 17.2 Å². The van der Waals surface area contributed by atoms with Crippen LogP contribution in [0.2, 0.25) is 0 Å². The van der Waals surface area contributed by atoms with Crippen molar-refractivity contribution < 1.29 is 22.0 Å². The van der Waals surface area contributed by atoms with E-state index in [1.165, 1.54) is 17.8 Å². The van der Waals surface area contributed by atoms with Gasteiger partial charge in [0.05, 0.1) is 6.54 Å². The summed E-state index contributed by atoms with van der Waals surface area (Å²) in [4.78, 5) is 10.9. The second-order valence-electron chi connectivity index (χ2n) is 4.73. The zero-order chi connectivity index (χ0) is 15.1. The van der Waals surface area contributed by atoms with Gasteiger partial charge in [0.2, 0.25) is 10.0 Å². The van der Waals surface area contributed by atoms with Crippen molar-refractivity contribution in [3.63, 3.8) is 0 Å². The monoisotopic (exact) mass is 307 g/mol. The number of aryl methyl sites for hydroxylation is 1. The van der Waals surface area contributed by atoms with Crippen LogP contribution in [0, 0.1) is 0 Å². The van der Waals surface area contributed by atoms with E-state index in [1.54, 1.807) is 0 Å². The maximum absolute atomic E-state index is 12.5. The van der Waals surface area contributed by atoms with E-state index in [-0.39, 0.29) is 16.6 Å². The number of halogens is 2. The Kier molecular flexibility index (Phi) is 3.83. The van der Waals surface area contributed by atoms with Gasteiger partial charge in [-0.1, -0.05) is 0 Å². The van der Waals surface area contributed by atoms with E-state index in [9.17, 15) is 22.0 Å². The van der Waals surface area contributed by atoms with Crippen molar-refractivity contribution in [3.05, 3.63) is 18.0 Å². The first-order chi connectivity index (χ1) is 9.23. The highest BCUT2D eigenvalue weighted by Gasteiger charge is 2.40. The number of carbonyl (C=O) groups is 1. The summed E-state index contributed by atoms with van der Waals surface area (Å²) in [5.74, 6) is -0.777. The zero-order valence-electron chi connectivity index (χ0n) is 10.8. The molecule has 1 amide bonds. The third kappa shape index (κ3) is 2.83. The summed E-state index contributed by atoms with van der Waals surface area (Å²) in [7, 11) is -2.58. The lowest BCUT2D eigenvalue weighted by atomic mass is 10.4. The van der Waals surface area contributed by atoms with Gasteiger partial charge in [-0.05, 0) is 18.9 Å². The van der Waals surface area contributed by atoms with Crippen LogP contribution >= 0.6 is 0 Å². The molecule has 6 nitrogen and oxygen atoms in total. The molecule has 1 fully saturated rings. The normalized spacial score (nSPS) is 16.1. The second-order valence-corrected chi connectivity index (χ2v) is 6.62. The molecule has 0 aromatic carbocycles. The summed E-state index contributed by atoms with van der Waals surface area (Å²) >= 11 is 0. The first kappa shape index (κ1) is 14.9. The van der Waals surface area contributed by atoms with E-state index in [0.29, 0.717) is 12.8 Å². The highest BCUT2D eigenvalue weighted by atomic mass is 32.2. The SMILES string of the molecule is Cn1cc(S(=O)(=O)N(CC(F)F)C2CC2)cc1C(N)=O. The van der Waals surface area contributed by atoms with Crippen molar-refractivity contribution in [1.29, 1.82) is 0 Å². The van der Waals surface area contributed by atoms with Crippen LogP contribution in [-0.4, -0.2) is 42.2 Å². The maximum Gasteiger partial charge on any atom is 0.265 e. The molecule has 0 radical (unpaired) electrons. The van der Waals surface area contributed by atoms with E-state index in [1.807, 2.05) is 0 Å². The fourth-order valence-electron chi connectivity index (χ4n) is 2.00. The van der Waals surface area contributed by atoms with Gasteiger partial charge in [0.1, 0.15) is 10.6 Å². The number of nitrogens with zero attached hydrogens (tertiary/aromatic N) is 2. The summed E-state index contributed by atoms with van der Waals surface area (Å²) < 4.78 is 51.9. The summed E-state index contributed by atoms with van der Waals surface area (Å²) in [6.45, 7) is -0.839. The highest BCUT2D eigenvalue weighted by molar-refractivity contribution is 7.89. The number of hydrogen-bond donors (Lipinski definition) is 1. The minimum Gasteiger partial charge on any atom is -0.364 e. The van der Waals surface area contributed by atoms with Crippen molar-refractivity contribution in [2.75, 3.05) is 6.54 Å². The second kappa shape index (κ2) is 5.13. The molecular formula is C11H15F2N3O3S. The smallest absolute Gasteiger partial charge is 0.265 e. The first-order valence-corrected chi connectivity index (χ1v) is 7.43. The number of aromatic nitrogens is 1. The zero-order valence-corrected chi connectivity index (χ0v) is 11.6. The fourth-order valence-corrected chi connectivity index (χ4v) is 3.73. The number of nitrogens with two attached hydrogens (primary N) is 1. The van der Waals surface area contributed by atoms with Gasteiger partial charge in [-0.25, -0.2) is 17.2 Å². The van der Waals surface area contributed by atoms with Gasteiger partial charge in [0, 0.05) is 19.3 Å². The third-order valence-corrected chi connectivity index (χ3v) is 4.99. The average Bonchev–Trinajstić information content (AvgIpc) is 3.07. The number of alkyl halides is 2. The molecule has 112 valence electrons. The molecule has 0 aliphatic heterocycles. The lowest BCUT2D eigenvalue weighted by Gasteiger charge is -2.20. The van der Waals surface area contributed by atoms with Crippen molar-refractivity contribution in [1.82, 2.24) is 8.87 Å². The van der Waals surface area contributed by atoms with Gasteiger partial charge < -0.3 is 10.3 Å². The van der Waals surface area contributed by atoms with Crippen molar-refractivity contribution in [2.45, 2.75) is 30.2 Å². The van der Waals surface area contributed by atoms with Crippen LogP contribution in [0.1, 0.15) is 23.3 Å². The molecule has 1 aromatic heterocycles. The molecule has 1 aliphatic carbocycles. The molecule has 9 heteroatoms. The van der Waals surface area contributed by atoms with Crippen LogP contribution < -0.4 is 5.73 Å². The van der Waals surface area contributed by atoms with Gasteiger partial charge in [-0.3, -0.25) is 4.79 Å². The molecule has 2 N–H and O–H groups in total. The highest BCUT2D eigenvalue weighted by Crippen LogP contribution is 2.33. The van der Waals surface area contributed by atoms with Crippen molar-refractivity contribution >= 4 is 15.9 Å². The Morgan fingerprint density at radius 1 is 1.55 bits per heavy atom. The van der Waals surface area contributed by atoms with Crippen molar-refractivity contribution in [3.8, 4) is 0 Å². The van der Waals surface area contributed by atoms with Crippen LogP contribution in [-0.2, 0) is 17.1 Å². The number of amides is 1. The van der Waals surface area contributed by atoms with Gasteiger partial charge in [0.25, 0.3) is 12.3 Å². The Labute approximate surface area is 115 Å². The number of carbonyl (C=O) groups excluding carboxylic acids is 1. The Balaban J connectivity index is 2.37. The average molecular weight is 307 g/mol. The molecule has 1 aliphatic rings. The molecule has 0 bridgehead atoms. The minimum absolute atomic E-state index is 0.0105. The van der Waals surface area contributed by atoms with E-state index >= 15 is 0 Å². The first-order valence-electron chi connectivity index (χ1n) is 5.99. The Hall–Kier alpha value is -1.48. The molecular weight excluding hydrogens is 292 g/mol. The number of hydrogen-bond acceptors (Lipinski definition) is 3. The molecule has 1 aromatic rings. The number of rotatable bonds is 6. The van der Waals surface area contributed by atoms with Crippen LogP contribution in [0.4, 0.5) is 8.78 Å². The molecule has 1 saturated carbocycles. The number of sulfonamides is 1. The van der Waals surface area contributed by atoms with Crippen LogP contribution in [0.3, 0.4) is 0 Å². The minimum atomic E-state index is -4.04. The summed E-state index contributed by atoms with van der Waals surface area (Å²) in [5, 5.41) is 0. The largest absolute Gasteiger partial charge is 0.364 e. The maximum atomic E-state index is 12.5. The molecule has 0 atom stereocenters. The number of primary amides is 1. The summed E-state index contributed by atoms with van der Waals surface area (Å²) in [6, 6.07) is 0.727. The predicted octanol–water partition coefficient (Wildman–Crippen LogP) is 0.542. The molecule has 2 rings (SSSR count). The van der Waals surface area contributed by atoms with E-state index in [4.69, 9.17) is 5.73 Å². The lowest BCUT2D eigenvalue weighted by molar-refractivity contribution is 0.0992. The molecule has 20 heavy (non-hydrogen) atoms. The summed E-state index contributed by atoms with van der Waals surface area (Å²) in [5.41, 5.74) is 5.12. The third-order valence-electron chi connectivity index (χ3n) is 3.11. The predicted molar refractivity (Wildman–Crippen MR) is 66.8 cm³/mol. The Morgan fingerprint density at radius 3 is 2.55 bits per heavy atom. The van der Waals surface area contributed by atoms with E-state index in [2.05, 4.69) is 0 Å². The molecule has 1 heterocycles. The quantitative estimate of drug-likeness (QED) is 0.832. The van der Waals surface area contributed by atoms with Crippen LogP contribution in [0.5, 0.6) is 0 Å². The topological polar surface area (TPSA) is 85.4 Å². The lowest BCUT2D eigenvalue weighted by Crippen LogP contribution is -2.36. The van der Waals surface area contributed by atoms with Crippen molar-refractivity contribution in [2.24, 2.45) is 12.8 Å². The fraction of sp³-hybridized carbons (Fsp3) is 0.545. The Bertz CT molecular complexity index is 623. The van der Waals surface area contributed by atoms with E-state index < -0.39 is 28.9 Å². The summed E-state index contributed by atoms with van der Waals surface area (Å²) in [6.07, 6.45) is -0.399. The van der Waals surface area contributed by atoms with E-state index in [0.717, 1.165) is 10.4 Å². The van der Waals surface area contributed by atoms with Gasteiger partial charge in [0.15, 0.2) is 0 Å². The van der Waals surface area contributed by atoms with Gasteiger partial charge >= 0.3 is 0 Å². The molecule has 0 saturated heterocycles. The standard InChI is InChI=1S/C11H15F2N3O3S/c1-15-5-8(4-9(15)11(14)17)20(18,19)16(6-10(12)13)7-2-3-7/h4-5,7,10H,2-3,6H2,1H3,(H2,14,17). The Morgan fingerprint density at radius 2 is 2.15 bits per heavy atom.